The third kappa shape index (κ3) is 2.81. The van der Waals surface area contributed by atoms with Gasteiger partial charge in [0.25, 0.3) is 0 Å². The Bertz CT molecular complexity index is 638. The van der Waals surface area contributed by atoms with Gasteiger partial charge in [0.1, 0.15) is 17.0 Å². The van der Waals surface area contributed by atoms with E-state index in [1.54, 1.807) is 11.6 Å². The zero-order valence-corrected chi connectivity index (χ0v) is 10.9. The highest BCUT2D eigenvalue weighted by molar-refractivity contribution is 7.89. The van der Waals surface area contributed by atoms with Gasteiger partial charge in [-0.2, -0.15) is 0 Å². The summed E-state index contributed by atoms with van der Waals surface area (Å²) in [5.41, 5.74) is 0. The Labute approximate surface area is 108 Å². The second kappa shape index (κ2) is 4.96. The molecule has 0 aromatic carbocycles. The number of hydrogen-bond acceptors (Lipinski definition) is 6. The van der Waals surface area contributed by atoms with Crippen LogP contribution < -0.4 is 4.72 Å². The summed E-state index contributed by atoms with van der Waals surface area (Å²) in [6, 6.07) is 0. The van der Waals surface area contributed by atoms with E-state index in [4.69, 9.17) is 11.6 Å². The lowest BCUT2D eigenvalue weighted by atomic mass is 10.6. The third-order valence-electron chi connectivity index (χ3n) is 2.13. The molecule has 0 spiro atoms. The second-order valence-electron chi connectivity index (χ2n) is 3.37. The van der Waals surface area contributed by atoms with Crippen molar-refractivity contribution in [3.63, 3.8) is 0 Å². The van der Waals surface area contributed by atoms with Gasteiger partial charge in [-0.25, -0.2) is 23.1 Å². The van der Waals surface area contributed by atoms with Crippen molar-refractivity contribution in [2.45, 2.75) is 11.4 Å². The molecule has 2 rings (SSSR count). The summed E-state index contributed by atoms with van der Waals surface area (Å²) in [4.78, 5) is 7.16. The summed E-state index contributed by atoms with van der Waals surface area (Å²) in [7, 11) is -1.97. The van der Waals surface area contributed by atoms with Gasteiger partial charge in [-0.3, -0.25) is 0 Å². The molecule has 8 nitrogen and oxygen atoms in total. The van der Waals surface area contributed by atoms with Gasteiger partial charge in [0, 0.05) is 7.05 Å². The summed E-state index contributed by atoms with van der Waals surface area (Å²) in [5, 5.41) is 7.39. The fourth-order valence-electron chi connectivity index (χ4n) is 1.15. The van der Waals surface area contributed by atoms with Gasteiger partial charge < -0.3 is 4.57 Å². The van der Waals surface area contributed by atoms with E-state index in [2.05, 4.69) is 24.9 Å². The van der Waals surface area contributed by atoms with Gasteiger partial charge >= 0.3 is 0 Å². The van der Waals surface area contributed by atoms with E-state index in [0.29, 0.717) is 5.82 Å². The number of halogens is 1. The van der Waals surface area contributed by atoms with Crippen molar-refractivity contribution in [3.05, 3.63) is 29.8 Å². The molecule has 2 aromatic rings. The summed E-state index contributed by atoms with van der Waals surface area (Å²) in [5.74, 6) is 0.494. The minimum absolute atomic E-state index is 0.0118. The zero-order valence-electron chi connectivity index (χ0n) is 9.28. The Hall–Kier alpha value is -1.58. The number of aryl methyl sites for hydroxylation is 1. The number of rotatable bonds is 4. The molecular formula is C8H9ClN6O2S. The first kappa shape index (κ1) is 12.9. The van der Waals surface area contributed by atoms with Crippen molar-refractivity contribution < 1.29 is 8.42 Å². The molecular weight excluding hydrogens is 280 g/mol. The first-order valence-corrected chi connectivity index (χ1v) is 6.65. The molecule has 0 saturated carbocycles. The Balaban J connectivity index is 2.13. The Morgan fingerprint density at radius 1 is 1.39 bits per heavy atom. The smallest absolute Gasteiger partial charge is 0.244 e. The first-order chi connectivity index (χ1) is 8.49. The van der Waals surface area contributed by atoms with Crippen LogP contribution in [0.5, 0.6) is 0 Å². The zero-order chi connectivity index (χ0) is 13.2. The predicted octanol–water partition coefficient (Wildman–Crippen LogP) is -0.263. The summed E-state index contributed by atoms with van der Waals surface area (Å²) in [6.45, 7) is 0.0292. The van der Waals surface area contributed by atoms with Crippen molar-refractivity contribution in [1.82, 2.24) is 29.5 Å². The molecule has 0 aliphatic rings. The second-order valence-corrected chi connectivity index (χ2v) is 5.48. The highest BCUT2D eigenvalue weighted by atomic mass is 35.5. The predicted molar refractivity (Wildman–Crippen MR) is 62.1 cm³/mol. The lowest BCUT2D eigenvalue weighted by molar-refractivity contribution is 0.576. The quantitative estimate of drug-likeness (QED) is 0.777. The molecule has 0 aliphatic heterocycles. The SMILES string of the molecule is Cn1cnnc1CNS(=O)(=O)c1cnc(Cl)nc1. The maximum Gasteiger partial charge on any atom is 0.244 e. The molecule has 0 amide bonds. The van der Waals surface area contributed by atoms with E-state index >= 15 is 0 Å². The van der Waals surface area contributed by atoms with E-state index < -0.39 is 10.0 Å². The van der Waals surface area contributed by atoms with Crippen molar-refractivity contribution in [3.8, 4) is 0 Å². The van der Waals surface area contributed by atoms with Crippen molar-refractivity contribution in [1.29, 1.82) is 0 Å². The number of nitrogens with one attached hydrogen (secondary N) is 1. The third-order valence-corrected chi connectivity index (χ3v) is 3.68. The molecule has 0 unspecified atom stereocenters. The molecule has 0 saturated heterocycles. The monoisotopic (exact) mass is 288 g/mol. The Morgan fingerprint density at radius 3 is 2.61 bits per heavy atom. The molecule has 2 aromatic heterocycles. The lowest BCUT2D eigenvalue weighted by Gasteiger charge is -2.05. The lowest BCUT2D eigenvalue weighted by Crippen LogP contribution is -2.25. The van der Waals surface area contributed by atoms with Crippen LogP contribution in [0, 0.1) is 0 Å². The first-order valence-electron chi connectivity index (χ1n) is 4.79. The van der Waals surface area contributed by atoms with E-state index in [1.165, 1.54) is 6.33 Å². The number of aromatic nitrogens is 5. The van der Waals surface area contributed by atoms with Crippen LogP contribution in [0.25, 0.3) is 0 Å². The van der Waals surface area contributed by atoms with Crippen LogP contribution in [-0.2, 0) is 23.6 Å². The van der Waals surface area contributed by atoms with Crippen LogP contribution in [0.4, 0.5) is 0 Å². The Morgan fingerprint density at radius 2 is 2.06 bits per heavy atom. The van der Waals surface area contributed by atoms with Crippen molar-refractivity contribution in [2.75, 3.05) is 0 Å². The normalized spacial score (nSPS) is 11.7. The van der Waals surface area contributed by atoms with Gasteiger partial charge in [-0.15, -0.1) is 10.2 Å². The molecule has 1 N–H and O–H groups in total. The van der Waals surface area contributed by atoms with Gasteiger partial charge in [-0.05, 0) is 11.6 Å². The maximum atomic E-state index is 11.9. The van der Waals surface area contributed by atoms with Crippen LogP contribution >= 0.6 is 11.6 Å². The molecule has 0 aliphatic carbocycles. The fraction of sp³-hybridized carbons (Fsp3) is 0.250. The van der Waals surface area contributed by atoms with Crippen LogP contribution in [0.1, 0.15) is 5.82 Å². The molecule has 0 bridgehead atoms. The van der Waals surface area contributed by atoms with Gasteiger partial charge in [-0.1, -0.05) is 0 Å². The number of nitrogens with zero attached hydrogens (tertiary/aromatic N) is 5. The van der Waals surface area contributed by atoms with Crippen LogP contribution in [0.2, 0.25) is 5.28 Å². The molecule has 0 fully saturated rings. The highest BCUT2D eigenvalue weighted by Crippen LogP contribution is 2.08. The molecule has 18 heavy (non-hydrogen) atoms. The van der Waals surface area contributed by atoms with Crippen LogP contribution in [-0.4, -0.2) is 33.2 Å². The number of sulfonamides is 1. The van der Waals surface area contributed by atoms with E-state index in [1.807, 2.05) is 0 Å². The average molecular weight is 289 g/mol. The minimum Gasteiger partial charge on any atom is -0.320 e. The van der Waals surface area contributed by atoms with Gasteiger partial charge in [0.2, 0.25) is 15.3 Å². The van der Waals surface area contributed by atoms with Gasteiger partial charge in [0.05, 0.1) is 18.9 Å². The van der Waals surface area contributed by atoms with Crippen LogP contribution in [0.3, 0.4) is 0 Å². The minimum atomic E-state index is -3.68. The topological polar surface area (TPSA) is 103 Å². The van der Waals surface area contributed by atoms with E-state index in [-0.39, 0.29) is 16.7 Å². The van der Waals surface area contributed by atoms with Crippen LogP contribution in [0.15, 0.2) is 23.6 Å². The standard InChI is InChI=1S/C8H9ClN6O2S/c1-15-5-12-14-7(15)4-13-18(16,17)6-2-10-8(9)11-3-6/h2-3,5,13H,4H2,1H3. The van der Waals surface area contributed by atoms with Crippen molar-refractivity contribution >= 4 is 21.6 Å². The van der Waals surface area contributed by atoms with E-state index in [0.717, 1.165) is 12.4 Å². The summed E-state index contributed by atoms with van der Waals surface area (Å²) in [6.07, 6.45) is 3.75. The fourth-order valence-corrected chi connectivity index (χ4v) is 2.12. The largest absolute Gasteiger partial charge is 0.320 e. The average Bonchev–Trinajstić information content (AvgIpc) is 2.73. The van der Waals surface area contributed by atoms with Crippen molar-refractivity contribution in [2.24, 2.45) is 7.05 Å². The summed E-state index contributed by atoms with van der Waals surface area (Å²) < 4.78 is 27.7. The highest BCUT2D eigenvalue weighted by Gasteiger charge is 2.15. The molecule has 2 heterocycles. The van der Waals surface area contributed by atoms with E-state index in [9.17, 15) is 8.42 Å². The van der Waals surface area contributed by atoms with Gasteiger partial charge in [0.15, 0.2) is 0 Å². The molecule has 96 valence electrons. The Kier molecular flexibility index (Phi) is 3.55. The maximum absolute atomic E-state index is 11.9. The molecule has 10 heteroatoms. The summed E-state index contributed by atoms with van der Waals surface area (Å²) >= 11 is 5.48. The molecule has 0 radical (unpaired) electrons. The number of hydrogen-bond donors (Lipinski definition) is 1. The molecule has 0 atom stereocenters.